The van der Waals surface area contributed by atoms with Crippen molar-refractivity contribution in [3.05, 3.63) is 28.6 Å². The lowest BCUT2D eigenvalue weighted by atomic mass is 9.79. The van der Waals surface area contributed by atoms with Crippen LogP contribution < -0.4 is 5.32 Å². The van der Waals surface area contributed by atoms with Gasteiger partial charge in [-0.2, -0.15) is 5.10 Å². The molecule has 172 valence electrons. The van der Waals surface area contributed by atoms with Crippen LogP contribution in [0.2, 0.25) is 0 Å². The maximum absolute atomic E-state index is 13.1. The third-order valence-corrected chi connectivity index (χ3v) is 8.56. The molecule has 2 saturated heterocycles. The van der Waals surface area contributed by atoms with Gasteiger partial charge in [0, 0.05) is 35.4 Å². The first-order valence-electron chi connectivity index (χ1n) is 11.0. The number of rotatable bonds is 5. The van der Waals surface area contributed by atoms with Crippen LogP contribution in [0.3, 0.4) is 0 Å². The molecular formula is C21H27N5O5S. The first kappa shape index (κ1) is 21.5. The molecule has 0 aliphatic carbocycles. The molecule has 2 amide bonds. The molecule has 0 aromatic carbocycles. The summed E-state index contributed by atoms with van der Waals surface area (Å²) < 4.78 is 1.91. The number of thioether (sulfide) groups is 1. The standard InChI is InChI=1S/C21H27N5O5S/c1-10-16-15(11(2)27)20(29)26(16)17(21(30)31)18(10)32-13-7-14(22-8-13)19(28)24-5-6-25-12(9-24)3-4-23-25/h3-4,10-11,13-16,22,27H,5-9H2,1-2H3,(H,30,31)/t10-,11-,13+,14+,15-,16-/m1/s1. The van der Waals surface area contributed by atoms with Gasteiger partial charge in [-0.1, -0.05) is 6.92 Å². The molecular weight excluding hydrogens is 434 g/mol. The fraction of sp³-hybridized carbons (Fsp3) is 0.619. The summed E-state index contributed by atoms with van der Waals surface area (Å²) in [6, 6.07) is 1.30. The van der Waals surface area contributed by atoms with Crippen LogP contribution in [0.25, 0.3) is 0 Å². The van der Waals surface area contributed by atoms with E-state index in [4.69, 9.17) is 0 Å². The number of nitrogens with zero attached hydrogens (tertiary/aromatic N) is 4. The number of carboxylic acids is 1. The van der Waals surface area contributed by atoms with E-state index >= 15 is 0 Å². The SMILES string of the molecule is C[C@@H](O)[C@H]1C(=O)N2C(C(=O)O)=C(S[C@@H]3CN[C@H](C(=O)N4CCn5nccc5C4)C3)[C@H](C)[C@H]12. The number of aliphatic hydroxyl groups is 1. The minimum Gasteiger partial charge on any atom is -0.477 e. The number of amides is 2. The van der Waals surface area contributed by atoms with E-state index in [1.54, 1.807) is 13.1 Å². The molecule has 0 radical (unpaired) electrons. The van der Waals surface area contributed by atoms with Crippen molar-refractivity contribution in [2.45, 2.75) is 56.8 Å². The maximum atomic E-state index is 13.1. The van der Waals surface area contributed by atoms with Crippen molar-refractivity contribution in [3.8, 4) is 0 Å². The number of hydrogen-bond donors (Lipinski definition) is 3. The van der Waals surface area contributed by atoms with Gasteiger partial charge in [-0.3, -0.25) is 14.3 Å². The Balaban J connectivity index is 1.27. The fourth-order valence-corrected chi connectivity index (χ4v) is 6.91. The molecule has 6 atom stereocenters. The van der Waals surface area contributed by atoms with Crippen LogP contribution in [0.5, 0.6) is 0 Å². The van der Waals surface area contributed by atoms with Gasteiger partial charge in [0.25, 0.3) is 0 Å². The van der Waals surface area contributed by atoms with Gasteiger partial charge in [-0.25, -0.2) is 4.79 Å². The normalized spacial score (nSPS) is 32.6. The summed E-state index contributed by atoms with van der Waals surface area (Å²) in [7, 11) is 0. The van der Waals surface area contributed by atoms with Crippen molar-refractivity contribution in [2.75, 3.05) is 13.1 Å². The lowest BCUT2D eigenvalue weighted by Gasteiger charge is -2.46. The van der Waals surface area contributed by atoms with E-state index in [9.17, 15) is 24.6 Å². The Labute approximate surface area is 189 Å². The highest BCUT2D eigenvalue weighted by Gasteiger charge is 2.60. The zero-order valence-corrected chi connectivity index (χ0v) is 18.8. The number of aliphatic carboxylic acids is 1. The Morgan fingerprint density at radius 3 is 2.84 bits per heavy atom. The smallest absolute Gasteiger partial charge is 0.353 e. The minimum absolute atomic E-state index is 0.0323. The highest BCUT2D eigenvalue weighted by Crippen LogP contribution is 2.51. The van der Waals surface area contributed by atoms with Gasteiger partial charge in [-0.05, 0) is 19.4 Å². The molecule has 1 aromatic rings. The number of fused-ring (bicyclic) bond motifs is 2. The van der Waals surface area contributed by atoms with E-state index in [1.807, 2.05) is 22.6 Å². The Morgan fingerprint density at radius 2 is 2.12 bits per heavy atom. The molecule has 11 heteroatoms. The summed E-state index contributed by atoms with van der Waals surface area (Å²) in [6.07, 6.45) is 1.53. The van der Waals surface area contributed by atoms with Crippen LogP contribution >= 0.6 is 11.8 Å². The van der Waals surface area contributed by atoms with Gasteiger partial charge in [0.05, 0.1) is 42.9 Å². The minimum atomic E-state index is -1.12. The van der Waals surface area contributed by atoms with Crippen LogP contribution in [0, 0.1) is 11.8 Å². The number of nitrogens with one attached hydrogen (secondary N) is 1. The van der Waals surface area contributed by atoms with Gasteiger partial charge >= 0.3 is 5.97 Å². The lowest BCUT2D eigenvalue weighted by Crippen LogP contribution is -2.63. The van der Waals surface area contributed by atoms with Crippen molar-refractivity contribution in [1.82, 2.24) is 24.9 Å². The van der Waals surface area contributed by atoms with E-state index in [0.717, 1.165) is 5.69 Å². The molecule has 1 aromatic heterocycles. The van der Waals surface area contributed by atoms with E-state index in [-0.39, 0.29) is 40.8 Å². The molecule has 10 nitrogen and oxygen atoms in total. The van der Waals surface area contributed by atoms with E-state index in [0.29, 0.717) is 37.5 Å². The average molecular weight is 462 g/mol. The maximum Gasteiger partial charge on any atom is 0.353 e. The molecule has 0 bridgehead atoms. The number of carbonyl (C=O) groups excluding carboxylic acids is 2. The molecule has 0 spiro atoms. The van der Waals surface area contributed by atoms with Crippen molar-refractivity contribution in [1.29, 1.82) is 0 Å². The largest absolute Gasteiger partial charge is 0.477 e. The van der Waals surface area contributed by atoms with Crippen LogP contribution in [-0.4, -0.2) is 84.1 Å². The first-order valence-corrected chi connectivity index (χ1v) is 11.8. The summed E-state index contributed by atoms with van der Waals surface area (Å²) in [5.41, 5.74) is 1.06. The van der Waals surface area contributed by atoms with Crippen LogP contribution in [0.1, 0.15) is 26.0 Å². The molecule has 5 heterocycles. The average Bonchev–Trinajstić information content (AvgIpc) is 3.45. The quantitative estimate of drug-likeness (QED) is 0.516. The van der Waals surface area contributed by atoms with E-state index in [1.165, 1.54) is 16.7 Å². The molecule has 32 heavy (non-hydrogen) atoms. The van der Waals surface area contributed by atoms with Gasteiger partial charge in [0.2, 0.25) is 11.8 Å². The Kier molecular flexibility index (Phi) is 5.30. The second-order valence-electron chi connectivity index (χ2n) is 9.01. The summed E-state index contributed by atoms with van der Waals surface area (Å²) in [4.78, 5) is 41.4. The molecule has 3 N–H and O–H groups in total. The number of carbonyl (C=O) groups is 3. The molecule has 4 aliphatic rings. The number of aromatic nitrogens is 2. The summed E-state index contributed by atoms with van der Waals surface area (Å²) in [6.45, 7) is 5.92. The van der Waals surface area contributed by atoms with Crippen LogP contribution in [0.4, 0.5) is 0 Å². The molecule has 0 saturated carbocycles. The number of β-lactam (4-membered cyclic amide) rings is 1. The molecule has 5 rings (SSSR count). The summed E-state index contributed by atoms with van der Waals surface area (Å²) in [5.74, 6) is -2.13. The summed E-state index contributed by atoms with van der Waals surface area (Å²) >= 11 is 1.46. The summed E-state index contributed by atoms with van der Waals surface area (Å²) in [5, 5.41) is 27.4. The van der Waals surface area contributed by atoms with Gasteiger partial charge in [0.15, 0.2) is 0 Å². The lowest BCUT2D eigenvalue weighted by molar-refractivity contribution is -0.163. The van der Waals surface area contributed by atoms with E-state index in [2.05, 4.69) is 10.4 Å². The van der Waals surface area contributed by atoms with Gasteiger partial charge < -0.3 is 25.3 Å². The zero-order valence-electron chi connectivity index (χ0n) is 18.0. The van der Waals surface area contributed by atoms with Crippen molar-refractivity contribution in [3.63, 3.8) is 0 Å². The number of carboxylic acid groups (broad SMARTS) is 1. The van der Waals surface area contributed by atoms with Crippen LogP contribution in [-0.2, 0) is 27.5 Å². The van der Waals surface area contributed by atoms with Crippen molar-refractivity contribution < 1.29 is 24.6 Å². The second-order valence-corrected chi connectivity index (χ2v) is 10.4. The highest BCUT2D eigenvalue weighted by atomic mass is 32.2. The van der Waals surface area contributed by atoms with Crippen LogP contribution in [0.15, 0.2) is 22.9 Å². The van der Waals surface area contributed by atoms with Crippen molar-refractivity contribution in [2.24, 2.45) is 11.8 Å². The predicted molar refractivity (Wildman–Crippen MR) is 115 cm³/mol. The number of hydrogen-bond acceptors (Lipinski definition) is 7. The third kappa shape index (κ3) is 3.25. The Morgan fingerprint density at radius 1 is 1.34 bits per heavy atom. The van der Waals surface area contributed by atoms with E-state index < -0.39 is 18.0 Å². The van der Waals surface area contributed by atoms with Crippen molar-refractivity contribution >= 4 is 29.5 Å². The zero-order chi connectivity index (χ0) is 22.7. The Hall–Kier alpha value is -2.37. The third-order valence-electron chi connectivity index (χ3n) is 7.04. The fourth-order valence-electron chi connectivity index (χ4n) is 5.43. The number of aliphatic hydroxyl groups excluding tert-OH is 1. The highest BCUT2D eigenvalue weighted by molar-refractivity contribution is 8.03. The monoisotopic (exact) mass is 461 g/mol. The predicted octanol–water partition coefficient (Wildman–Crippen LogP) is -0.157. The first-order chi connectivity index (χ1) is 15.3. The topological polar surface area (TPSA) is 128 Å². The molecule has 2 fully saturated rings. The van der Waals surface area contributed by atoms with Gasteiger partial charge in [-0.15, -0.1) is 11.8 Å². The molecule has 4 aliphatic heterocycles. The van der Waals surface area contributed by atoms with Gasteiger partial charge in [0.1, 0.15) is 5.70 Å². The Bertz CT molecular complexity index is 1010. The second kappa shape index (κ2) is 7.89. The molecule has 0 unspecified atom stereocenters.